The number of hydrogen-bond acceptors (Lipinski definition) is 2. The second kappa shape index (κ2) is 10.3. The van der Waals surface area contributed by atoms with Gasteiger partial charge in [-0.1, -0.05) is 36.4 Å². The number of guanidine groups is 1. The molecule has 0 amide bonds. The number of benzene rings is 2. The van der Waals surface area contributed by atoms with Gasteiger partial charge in [0.15, 0.2) is 5.96 Å². The highest BCUT2D eigenvalue weighted by Crippen LogP contribution is 2.13. The molecule has 24 heavy (non-hydrogen) atoms. The topological polar surface area (TPSA) is 53.6 Å². The van der Waals surface area contributed by atoms with E-state index in [0.717, 1.165) is 18.8 Å². The van der Waals surface area contributed by atoms with Crippen LogP contribution in [0.2, 0.25) is 0 Å². The van der Waals surface area contributed by atoms with E-state index in [9.17, 15) is 0 Å². The Morgan fingerprint density at radius 2 is 1.71 bits per heavy atom. The molecule has 2 aromatic carbocycles. The highest BCUT2D eigenvalue weighted by Gasteiger charge is 2.00. The van der Waals surface area contributed by atoms with Crippen molar-refractivity contribution in [1.29, 1.82) is 0 Å². The van der Waals surface area contributed by atoms with Crippen LogP contribution in [0.25, 0.3) is 0 Å². The fourth-order valence-electron chi connectivity index (χ4n) is 2.55. The normalized spacial score (nSPS) is 11.2. The van der Waals surface area contributed by atoms with E-state index < -0.39 is 0 Å². The van der Waals surface area contributed by atoms with Crippen LogP contribution in [0.15, 0.2) is 53.5 Å². The van der Waals surface area contributed by atoms with Crippen molar-refractivity contribution in [3.8, 4) is 0 Å². The van der Waals surface area contributed by atoms with Gasteiger partial charge in [0.1, 0.15) is 0 Å². The minimum absolute atomic E-state index is 0. The zero-order valence-corrected chi connectivity index (χ0v) is 17.0. The van der Waals surface area contributed by atoms with Gasteiger partial charge in [0.25, 0.3) is 0 Å². The van der Waals surface area contributed by atoms with Crippen molar-refractivity contribution in [2.45, 2.75) is 20.4 Å². The minimum atomic E-state index is 0. The van der Waals surface area contributed by atoms with Crippen molar-refractivity contribution in [3.05, 3.63) is 65.2 Å². The second-order valence-electron chi connectivity index (χ2n) is 5.99. The average molecular weight is 438 g/mol. The van der Waals surface area contributed by atoms with Crippen molar-refractivity contribution >= 4 is 35.6 Å². The first-order valence-electron chi connectivity index (χ1n) is 7.90. The van der Waals surface area contributed by atoms with E-state index in [-0.39, 0.29) is 24.0 Å². The van der Waals surface area contributed by atoms with Gasteiger partial charge in [-0.15, -0.1) is 24.0 Å². The summed E-state index contributed by atoms with van der Waals surface area (Å²) in [5.41, 5.74) is 10.7. The number of halogens is 1. The third kappa shape index (κ3) is 7.31. The summed E-state index contributed by atoms with van der Waals surface area (Å²) in [6.45, 7) is 6.60. The third-order valence-electron chi connectivity index (χ3n) is 3.55. The Labute approximate surface area is 162 Å². The van der Waals surface area contributed by atoms with E-state index in [0.29, 0.717) is 12.5 Å². The number of nitrogens with two attached hydrogens (primary N) is 1. The average Bonchev–Trinajstić information content (AvgIpc) is 2.47. The molecule has 0 aliphatic rings. The predicted molar refractivity (Wildman–Crippen MR) is 114 cm³/mol. The fourth-order valence-corrected chi connectivity index (χ4v) is 2.55. The standard InChI is InChI=1S/C19H26N4.HI/c1-15-11-16(2)13-18(12-15)22-19(20)21-9-10-23(3)14-17-7-5-4-6-8-17;/h4-8,11-13H,9-10,14H2,1-3H3,(H3,20,21,22);1H. The Morgan fingerprint density at radius 3 is 2.33 bits per heavy atom. The van der Waals surface area contributed by atoms with Gasteiger partial charge in [-0.25, -0.2) is 0 Å². The lowest BCUT2D eigenvalue weighted by Crippen LogP contribution is -2.26. The summed E-state index contributed by atoms with van der Waals surface area (Å²) >= 11 is 0. The van der Waals surface area contributed by atoms with Crippen LogP contribution in [-0.2, 0) is 6.54 Å². The van der Waals surface area contributed by atoms with Crippen molar-refractivity contribution in [2.24, 2.45) is 10.7 Å². The Morgan fingerprint density at radius 1 is 1.08 bits per heavy atom. The molecular weight excluding hydrogens is 411 g/mol. The molecule has 0 spiro atoms. The maximum absolute atomic E-state index is 5.97. The van der Waals surface area contributed by atoms with Crippen molar-refractivity contribution in [1.82, 2.24) is 4.90 Å². The van der Waals surface area contributed by atoms with Crippen LogP contribution >= 0.6 is 24.0 Å². The van der Waals surface area contributed by atoms with Gasteiger partial charge in [0.2, 0.25) is 0 Å². The molecule has 0 unspecified atom stereocenters. The first kappa shape index (κ1) is 20.4. The maximum Gasteiger partial charge on any atom is 0.193 e. The van der Waals surface area contributed by atoms with Gasteiger partial charge in [0.05, 0.1) is 6.54 Å². The Hall–Kier alpha value is -1.60. The number of nitrogens with one attached hydrogen (secondary N) is 1. The summed E-state index contributed by atoms with van der Waals surface area (Å²) in [6, 6.07) is 16.7. The summed E-state index contributed by atoms with van der Waals surface area (Å²) in [6.07, 6.45) is 0. The van der Waals surface area contributed by atoms with Gasteiger partial charge in [-0.3, -0.25) is 4.99 Å². The number of rotatable bonds is 6. The van der Waals surface area contributed by atoms with Gasteiger partial charge < -0.3 is 16.0 Å². The number of aryl methyl sites for hydroxylation is 2. The molecular formula is C19H27IN4. The highest BCUT2D eigenvalue weighted by molar-refractivity contribution is 14.0. The fraction of sp³-hybridized carbons (Fsp3) is 0.316. The second-order valence-corrected chi connectivity index (χ2v) is 5.99. The zero-order chi connectivity index (χ0) is 16.7. The molecule has 0 aliphatic heterocycles. The molecule has 0 aliphatic carbocycles. The maximum atomic E-state index is 5.97. The molecule has 0 heterocycles. The molecule has 0 saturated carbocycles. The Balaban J connectivity index is 0.00000288. The first-order chi connectivity index (χ1) is 11.0. The SMILES string of the molecule is Cc1cc(C)cc(NC(N)=NCCN(C)Cc2ccccc2)c1.I. The summed E-state index contributed by atoms with van der Waals surface area (Å²) in [4.78, 5) is 6.64. The Bertz CT molecular complexity index is 635. The number of hydrogen-bond donors (Lipinski definition) is 2. The smallest absolute Gasteiger partial charge is 0.193 e. The summed E-state index contributed by atoms with van der Waals surface area (Å²) in [7, 11) is 2.09. The first-order valence-corrected chi connectivity index (χ1v) is 7.90. The molecule has 5 heteroatoms. The number of nitrogens with zero attached hydrogens (tertiary/aromatic N) is 2. The van der Waals surface area contributed by atoms with E-state index in [2.05, 4.69) is 78.6 Å². The number of anilines is 1. The monoisotopic (exact) mass is 438 g/mol. The molecule has 4 nitrogen and oxygen atoms in total. The summed E-state index contributed by atoms with van der Waals surface area (Å²) < 4.78 is 0. The quantitative estimate of drug-likeness (QED) is 0.410. The molecule has 2 rings (SSSR count). The van der Waals surface area contributed by atoms with Crippen LogP contribution in [0.3, 0.4) is 0 Å². The zero-order valence-electron chi connectivity index (χ0n) is 14.6. The van der Waals surface area contributed by atoms with Crippen LogP contribution in [0.4, 0.5) is 5.69 Å². The largest absolute Gasteiger partial charge is 0.370 e. The minimum Gasteiger partial charge on any atom is -0.370 e. The van der Waals surface area contributed by atoms with Crippen LogP contribution in [0, 0.1) is 13.8 Å². The van der Waals surface area contributed by atoms with Crippen molar-refractivity contribution < 1.29 is 0 Å². The van der Waals surface area contributed by atoms with E-state index in [1.54, 1.807) is 0 Å². The third-order valence-corrected chi connectivity index (χ3v) is 3.55. The van der Waals surface area contributed by atoms with Crippen LogP contribution in [-0.4, -0.2) is 31.0 Å². The summed E-state index contributed by atoms with van der Waals surface area (Å²) in [5, 5.41) is 3.16. The van der Waals surface area contributed by atoms with Gasteiger partial charge in [-0.05, 0) is 49.7 Å². The van der Waals surface area contributed by atoms with E-state index in [1.165, 1.54) is 16.7 Å². The Kier molecular flexibility index (Phi) is 8.78. The molecule has 2 aromatic rings. The molecule has 0 aromatic heterocycles. The van der Waals surface area contributed by atoms with E-state index in [4.69, 9.17) is 5.73 Å². The lowest BCUT2D eigenvalue weighted by atomic mass is 10.1. The summed E-state index contributed by atoms with van der Waals surface area (Å²) in [5.74, 6) is 0.461. The van der Waals surface area contributed by atoms with Crippen LogP contribution in [0.5, 0.6) is 0 Å². The molecule has 0 saturated heterocycles. The highest BCUT2D eigenvalue weighted by atomic mass is 127. The van der Waals surface area contributed by atoms with Gasteiger partial charge in [0, 0.05) is 18.8 Å². The van der Waals surface area contributed by atoms with Crippen molar-refractivity contribution in [3.63, 3.8) is 0 Å². The van der Waals surface area contributed by atoms with E-state index >= 15 is 0 Å². The molecule has 3 N–H and O–H groups in total. The number of aliphatic imine (C=N–C) groups is 1. The van der Waals surface area contributed by atoms with Crippen molar-refractivity contribution in [2.75, 3.05) is 25.5 Å². The van der Waals surface area contributed by atoms with Crippen LogP contribution < -0.4 is 11.1 Å². The molecule has 0 bridgehead atoms. The predicted octanol–water partition coefficient (Wildman–Crippen LogP) is 3.78. The molecule has 130 valence electrons. The molecule has 0 radical (unpaired) electrons. The number of likely N-dealkylation sites (N-methyl/N-ethyl adjacent to an activating group) is 1. The lowest BCUT2D eigenvalue weighted by Gasteiger charge is -2.15. The van der Waals surface area contributed by atoms with Gasteiger partial charge >= 0.3 is 0 Å². The lowest BCUT2D eigenvalue weighted by molar-refractivity contribution is 0.336. The van der Waals surface area contributed by atoms with E-state index in [1.807, 2.05) is 6.07 Å². The molecule has 0 atom stereocenters. The molecule has 0 fully saturated rings. The van der Waals surface area contributed by atoms with Crippen LogP contribution in [0.1, 0.15) is 16.7 Å². The van der Waals surface area contributed by atoms with Gasteiger partial charge in [-0.2, -0.15) is 0 Å².